The third-order valence-electron chi connectivity index (χ3n) is 0. The van der Waals surface area contributed by atoms with Gasteiger partial charge in [0.2, 0.25) is 0 Å². The molecular weight excluding hydrogens is 471 g/mol. The summed E-state index contributed by atoms with van der Waals surface area (Å²) in [5.74, 6) is 0. The molecule has 0 aromatic heterocycles. The first kappa shape index (κ1) is 39.2. The van der Waals surface area contributed by atoms with E-state index in [1.165, 1.54) is 7.05 Å². The van der Waals surface area contributed by atoms with E-state index in [0.717, 1.165) is 0 Å². The minimum Gasteiger partial charge on any atom is -0.680 e. The Morgan fingerprint density at radius 3 is 0.571 bits per heavy atom. The molecule has 0 fully saturated rings. The second-order valence-electron chi connectivity index (χ2n) is 0. The summed E-state index contributed by atoms with van der Waals surface area (Å²) in [6.07, 6.45) is 0. The van der Waals surface area contributed by atoms with Crippen LogP contribution in [0.1, 0.15) is 0 Å². The van der Waals surface area contributed by atoms with Crippen molar-refractivity contribution in [2.45, 2.75) is 0 Å². The molecular formula is CH4NY5-. The van der Waals surface area contributed by atoms with E-state index in [0.29, 0.717) is 0 Å². The SMILES string of the molecule is C[NH-].[Y].[Y].[Y].[Y].[Y]. The van der Waals surface area contributed by atoms with Crippen molar-refractivity contribution in [3.05, 3.63) is 5.73 Å². The normalized spacial score (nSPS) is 0.857. The van der Waals surface area contributed by atoms with Crippen molar-refractivity contribution < 1.29 is 164 Å². The molecule has 0 aromatic rings. The molecule has 1 nitrogen and oxygen atoms in total. The molecule has 7 heavy (non-hydrogen) atoms. The van der Waals surface area contributed by atoms with Crippen molar-refractivity contribution in [1.82, 2.24) is 0 Å². The molecule has 0 aliphatic rings. The molecule has 0 bridgehead atoms. The molecule has 0 heterocycles. The molecule has 0 saturated carbocycles. The maximum atomic E-state index is 5.75. The van der Waals surface area contributed by atoms with Crippen molar-refractivity contribution in [3.8, 4) is 0 Å². The summed E-state index contributed by atoms with van der Waals surface area (Å²) < 4.78 is 0. The van der Waals surface area contributed by atoms with Gasteiger partial charge in [0.05, 0.1) is 0 Å². The summed E-state index contributed by atoms with van der Waals surface area (Å²) in [6, 6.07) is 0. The van der Waals surface area contributed by atoms with Crippen LogP contribution in [0.4, 0.5) is 0 Å². The van der Waals surface area contributed by atoms with Gasteiger partial charge in [0.25, 0.3) is 0 Å². The summed E-state index contributed by atoms with van der Waals surface area (Å²) in [4.78, 5) is 0. The monoisotopic (exact) mass is 475 g/mol. The van der Waals surface area contributed by atoms with E-state index in [4.69, 9.17) is 5.73 Å². The fourth-order valence-corrected chi connectivity index (χ4v) is 0. The van der Waals surface area contributed by atoms with E-state index in [-0.39, 0.29) is 164 Å². The molecule has 0 amide bonds. The Bertz CT molecular complexity index is 8.04. The number of nitrogens with one attached hydrogen (secondary N) is 1. The first-order chi connectivity index (χ1) is 1.00. The summed E-state index contributed by atoms with van der Waals surface area (Å²) in [5, 5.41) is 0. The Morgan fingerprint density at radius 1 is 0.571 bits per heavy atom. The minimum atomic E-state index is 0. The van der Waals surface area contributed by atoms with Crippen molar-refractivity contribution in [2.75, 3.05) is 7.05 Å². The third kappa shape index (κ3) is 34.4. The zero-order valence-corrected chi connectivity index (χ0v) is 18.6. The van der Waals surface area contributed by atoms with E-state index in [1.54, 1.807) is 0 Å². The van der Waals surface area contributed by atoms with Gasteiger partial charge in [-0.1, -0.05) is 0 Å². The van der Waals surface area contributed by atoms with Crippen molar-refractivity contribution in [3.63, 3.8) is 0 Å². The molecule has 0 aliphatic heterocycles. The fourth-order valence-electron chi connectivity index (χ4n) is 0. The van der Waals surface area contributed by atoms with Crippen LogP contribution >= 0.6 is 0 Å². The van der Waals surface area contributed by atoms with E-state index in [1.807, 2.05) is 0 Å². The third-order valence-corrected chi connectivity index (χ3v) is 0. The Hall–Kier alpha value is 5.48. The van der Waals surface area contributed by atoms with Crippen LogP contribution in [0.2, 0.25) is 0 Å². The largest absolute Gasteiger partial charge is 0.680 e. The first-order valence-electron chi connectivity index (χ1n) is 0.500. The molecule has 29 valence electrons. The van der Waals surface area contributed by atoms with Crippen molar-refractivity contribution >= 4 is 0 Å². The van der Waals surface area contributed by atoms with Crippen LogP contribution in [0.15, 0.2) is 0 Å². The van der Waals surface area contributed by atoms with Gasteiger partial charge in [-0.15, -0.1) is 0 Å². The number of hydrogen-bond acceptors (Lipinski definition) is 0. The molecule has 0 aliphatic carbocycles. The van der Waals surface area contributed by atoms with E-state index >= 15 is 0 Å². The zero-order valence-electron chi connectivity index (χ0n) is 4.39. The molecule has 0 aromatic carbocycles. The molecule has 0 unspecified atom stereocenters. The van der Waals surface area contributed by atoms with Gasteiger partial charge >= 0.3 is 0 Å². The van der Waals surface area contributed by atoms with Gasteiger partial charge in [-0.2, -0.15) is 7.05 Å². The number of hydrogen-bond donors (Lipinski definition) is 0. The van der Waals surface area contributed by atoms with Gasteiger partial charge in [0.15, 0.2) is 0 Å². The first-order valence-corrected chi connectivity index (χ1v) is 0.500. The van der Waals surface area contributed by atoms with E-state index in [9.17, 15) is 0 Å². The molecule has 0 atom stereocenters. The predicted octanol–water partition coefficient (Wildman–Crippen LogP) is 0.656. The van der Waals surface area contributed by atoms with Crippen LogP contribution in [0, 0.1) is 0 Å². The average Bonchev–Trinajstić information content (AvgIpc) is 1.00. The smallest absolute Gasteiger partial charge is 0 e. The maximum Gasteiger partial charge on any atom is 0 e. The van der Waals surface area contributed by atoms with Crippen molar-refractivity contribution in [2.24, 2.45) is 0 Å². The summed E-state index contributed by atoms with van der Waals surface area (Å²) in [6.45, 7) is 0. The van der Waals surface area contributed by atoms with Gasteiger partial charge in [-0.3, -0.25) is 0 Å². The predicted molar refractivity (Wildman–Crippen MR) is 10.2 cm³/mol. The topological polar surface area (TPSA) is 23.8 Å². The summed E-state index contributed by atoms with van der Waals surface area (Å²) in [7, 11) is 1.25. The van der Waals surface area contributed by atoms with Crippen LogP contribution < -0.4 is 0 Å². The van der Waals surface area contributed by atoms with Crippen LogP contribution in [0.3, 0.4) is 0 Å². The molecule has 5 radical (unpaired) electrons. The molecule has 0 spiro atoms. The molecule has 1 N–H and O–H groups in total. The zero-order chi connectivity index (χ0) is 2.00. The molecule has 0 saturated heterocycles. The van der Waals surface area contributed by atoms with Gasteiger partial charge in [0, 0.05) is 164 Å². The van der Waals surface area contributed by atoms with E-state index in [2.05, 4.69) is 0 Å². The number of rotatable bonds is 0. The summed E-state index contributed by atoms with van der Waals surface area (Å²) >= 11 is 0. The summed E-state index contributed by atoms with van der Waals surface area (Å²) in [5.41, 5.74) is 5.75. The maximum absolute atomic E-state index is 5.75. The minimum absolute atomic E-state index is 0. The Labute approximate surface area is 171 Å². The Balaban J connectivity index is -0.000000000500. The van der Waals surface area contributed by atoms with Crippen LogP contribution in [0.25, 0.3) is 5.73 Å². The molecule has 6 heteroatoms. The van der Waals surface area contributed by atoms with Crippen LogP contribution in [0.5, 0.6) is 0 Å². The van der Waals surface area contributed by atoms with E-state index < -0.39 is 0 Å². The second-order valence-corrected chi connectivity index (χ2v) is 0. The van der Waals surface area contributed by atoms with Gasteiger partial charge in [0.1, 0.15) is 0 Å². The Morgan fingerprint density at radius 2 is 0.571 bits per heavy atom. The van der Waals surface area contributed by atoms with Crippen LogP contribution in [-0.4, -0.2) is 7.05 Å². The Kier molecular flexibility index (Phi) is 235. The average molecular weight is 475 g/mol. The van der Waals surface area contributed by atoms with Crippen LogP contribution in [-0.2, 0) is 164 Å². The standard InChI is InChI=1S/CH4N.5Y/c1-2;;;;;/h2H,1H3;;;;;/q-1;;;;;. The van der Waals surface area contributed by atoms with Gasteiger partial charge in [-0.05, 0) is 0 Å². The van der Waals surface area contributed by atoms with Gasteiger partial charge < -0.3 is 5.73 Å². The van der Waals surface area contributed by atoms with Crippen molar-refractivity contribution in [1.29, 1.82) is 0 Å². The molecule has 0 rings (SSSR count). The fraction of sp³-hybridized carbons (Fsp3) is 1.00. The second kappa shape index (κ2) is 42.0. The quantitative estimate of drug-likeness (QED) is 0.493. The van der Waals surface area contributed by atoms with Gasteiger partial charge in [-0.25, -0.2) is 0 Å².